The minimum Gasteiger partial charge on any atom is -0.258 e. The van der Waals surface area contributed by atoms with Crippen molar-refractivity contribution in [2.75, 3.05) is 0 Å². The summed E-state index contributed by atoms with van der Waals surface area (Å²) in [6, 6.07) is 6.36. The van der Waals surface area contributed by atoms with Gasteiger partial charge in [-0.15, -0.1) is 0 Å². The van der Waals surface area contributed by atoms with Crippen molar-refractivity contribution in [3.8, 4) is 5.69 Å². The highest BCUT2D eigenvalue weighted by Gasteiger charge is 2.06. The normalized spacial score (nSPS) is 10.0. The Morgan fingerprint density at radius 2 is 2.00 bits per heavy atom. The zero-order chi connectivity index (χ0) is 9.97. The van der Waals surface area contributed by atoms with Crippen LogP contribution in [0.1, 0.15) is 0 Å². The number of hydrogen-bond donors (Lipinski definition) is 1. The highest BCUT2D eigenvalue weighted by atomic mass is 16.6. The molecule has 0 aliphatic carbocycles. The Kier molecular flexibility index (Phi) is 1.98. The predicted octanol–water partition coefficient (Wildman–Crippen LogP) is 1.20. The van der Waals surface area contributed by atoms with Gasteiger partial charge in [-0.25, -0.2) is 9.55 Å². The van der Waals surface area contributed by atoms with Crippen molar-refractivity contribution in [1.29, 1.82) is 0 Å². The molecule has 0 aliphatic heterocycles. The van der Waals surface area contributed by atoms with Gasteiger partial charge in [-0.1, -0.05) is 0 Å². The van der Waals surface area contributed by atoms with Crippen molar-refractivity contribution in [1.82, 2.24) is 4.98 Å². The average molecular weight is 190 g/mol. The molecule has 0 spiro atoms. The van der Waals surface area contributed by atoms with E-state index in [1.165, 1.54) is 12.1 Å². The molecular weight excluding hydrogens is 182 g/mol. The number of non-ortho nitro benzene ring substituents is 1. The van der Waals surface area contributed by atoms with Crippen molar-refractivity contribution in [2.45, 2.75) is 0 Å². The first-order valence-corrected chi connectivity index (χ1v) is 4.06. The van der Waals surface area contributed by atoms with Crippen LogP contribution in [0.15, 0.2) is 43.0 Å². The minimum atomic E-state index is -0.411. The Balaban J connectivity index is 2.36. The molecule has 0 unspecified atom stereocenters. The molecule has 0 bridgehead atoms. The third-order valence-electron chi connectivity index (χ3n) is 1.90. The second-order valence-corrected chi connectivity index (χ2v) is 2.79. The number of nitro groups is 1. The Morgan fingerprint density at radius 3 is 2.50 bits per heavy atom. The van der Waals surface area contributed by atoms with E-state index in [-0.39, 0.29) is 5.69 Å². The minimum absolute atomic E-state index is 0.102. The van der Waals surface area contributed by atoms with E-state index in [0.29, 0.717) is 0 Å². The molecule has 5 heteroatoms. The second-order valence-electron chi connectivity index (χ2n) is 2.79. The first-order chi connectivity index (χ1) is 6.77. The van der Waals surface area contributed by atoms with Gasteiger partial charge >= 0.3 is 0 Å². The first-order valence-electron chi connectivity index (χ1n) is 4.06. The number of nitro benzene ring substituents is 1. The van der Waals surface area contributed by atoms with Crippen LogP contribution in [0, 0.1) is 10.1 Å². The summed E-state index contributed by atoms with van der Waals surface area (Å²) >= 11 is 0. The van der Waals surface area contributed by atoms with E-state index in [1.807, 2.05) is 10.8 Å². The van der Waals surface area contributed by atoms with Crippen molar-refractivity contribution in [3.05, 3.63) is 53.1 Å². The van der Waals surface area contributed by atoms with Crippen molar-refractivity contribution >= 4 is 5.69 Å². The van der Waals surface area contributed by atoms with Crippen LogP contribution in [0.3, 0.4) is 0 Å². The fraction of sp³-hybridized carbons (Fsp3) is 0. The number of H-pyrrole nitrogens is 1. The van der Waals surface area contributed by atoms with Crippen molar-refractivity contribution in [3.63, 3.8) is 0 Å². The largest absolute Gasteiger partial charge is 0.269 e. The molecule has 0 saturated heterocycles. The summed E-state index contributed by atoms with van der Waals surface area (Å²) in [5, 5.41) is 10.4. The molecule has 0 radical (unpaired) electrons. The van der Waals surface area contributed by atoms with E-state index in [0.717, 1.165) is 5.69 Å². The van der Waals surface area contributed by atoms with Gasteiger partial charge in [0.1, 0.15) is 18.1 Å². The molecule has 0 amide bonds. The Bertz CT molecular complexity index is 434. The van der Waals surface area contributed by atoms with E-state index < -0.39 is 4.92 Å². The molecule has 70 valence electrons. The molecule has 2 rings (SSSR count). The molecule has 2 aromatic rings. The molecule has 1 aromatic heterocycles. The molecule has 5 nitrogen and oxygen atoms in total. The van der Waals surface area contributed by atoms with Crippen LogP contribution in [-0.4, -0.2) is 9.91 Å². The number of rotatable bonds is 2. The van der Waals surface area contributed by atoms with Gasteiger partial charge in [0.25, 0.3) is 5.69 Å². The smallest absolute Gasteiger partial charge is 0.258 e. The van der Waals surface area contributed by atoms with Crippen molar-refractivity contribution in [2.24, 2.45) is 0 Å². The van der Waals surface area contributed by atoms with Crippen LogP contribution < -0.4 is 4.57 Å². The number of aromatic amines is 1. The van der Waals surface area contributed by atoms with Gasteiger partial charge < -0.3 is 0 Å². The summed E-state index contributed by atoms with van der Waals surface area (Å²) in [5.41, 5.74) is 0.988. The lowest BCUT2D eigenvalue weighted by atomic mass is 10.3. The summed E-state index contributed by atoms with van der Waals surface area (Å²) in [5.74, 6) is 0. The molecule has 0 fully saturated rings. The highest BCUT2D eigenvalue weighted by molar-refractivity contribution is 5.35. The van der Waals surface area contributed by atoms with Gasteiger partial charge in [-0.2, -0.15) is 0 Å². The summed E-state index contributed by atoms with van der Waals surface area (Å²) in [6.07, 6.45) is 5.38. The van der Waals surface area contributed by atoms with E-state index in [4.69, 9.17) is 0 Å². The van der Waals surface area contributed by atoms with Gasteiger partial charge in [-0.05, 0) is 12.1 Å². The zero-order valence-electron chi connectivity index (χ0n) is 7.25. The zero-order valence-corrected chi connectivity index (χ0v) is 7.25. The van der Waals surface area contributed by atoms with Gasteiger partial charge in [0.15, 0.2) is 0 Å². The average Bonchev–Trinajstić information content (AvgIpc) is 2.71. The lowest BCUT2D eigenvalue weighted by molar-refractivity contribution is -0.594. The van der Waals surface area contributed by atoms with Crippen LogP contribution in [-0.2, 0) is 0 Å². The standard InChI is InChI=1S/C9H7N3O2/c13-12(14)9-3-1-8(2-4-9)11-6-5-10-7-11/h1-7H/p+1. The fourth-order valence-electron chi connectivity index (χ4n) is 1.20. The fourth-order valence-corrected chi connectivity index (χ4v) is 1.20. The second kappa shape index (κ2) is 3.29. The molecule has 0 aliphatic rings. The number of aromatic nitrogens is 2. The third-order valence-corrected chi connectivity index (χ3v) is 1.90. The van der Waals surface area contributed by atoms with Gasteiger partial charge in [0, 0.05) is 12.1 Å². The number of nitrogens with zero attached hydrogens (tertiary/aromatic N) is 2. The summed E-state index contributed by atoms with van der Waals surface area (Å²) < 4.78 is 1.84. The summed E-state index contributed by atoms with van der Waals surface area (Å²) in [6.45, 7) is 0. The van der Waals surface area contributed by atoms with Crippen LogP contribution in [0.5, 0.6) is 0 Å². The third kappa shape index (κ3) is 1.47. The number of hydrogen-bond acceptors (Lipinski definition) is 2. The van der Waals surface area contributed by atoms with Crippen molar-refractivity contribution < 1.29 is 9.49 Å². The lowest BCUT2D eigenvalue weighted by Gasteiger charge is -1.94. The quantitative estimate of drug-likeness (QED) is 0.439. The Hall–Kier alpha value is -2.17. The molecule has 14 heavy (non-hydrogen) atoms. The van der Waals surface area contributed by atoms with Gasteiger partial charge in [-0.3, -0.25) is 10.1 Å². The molecule has 0 atom stereocenters. The monoisotopic (exact) mass is 190 g/mol. The maximum absolute atomic E-state index is 10.4. The van der Waals surface area contributed by atoms with Crippen LogP contribution >= 0.6 is 0 Å². The Labute approximate surface area is 79.8 Å². The number of imidazole rings is 1. The van der Waals surface area contributed by atoms with Gasteiger partial charge in [0.05, 0.1) is 4.92 Å². The SMILES string of the molecule is O=[N+]([O-])c1ccc(-[n+]2cc[nH]c2)cc1. The maximum Gasteiger partial charge on any atom is 0.269 e. The van der Waals surface area contributed by atoms with E-state index in [9.17, 15) is 10.1 Å². The molecule has 1 aromatic carbocycles. The van der Waals surface area contributed by atoms with Crippen LogP contribution in [0.25, 0.3) is 5.69 Å². The topological polar surface area (TPSA) is 62.8 Å². The lowest BCUT2D eigenvalue weighted by Crippen LogP contribution is -2.26. The van der Waals surface area contributed by atoms with E-state index in [2.05, 4.69) is 4.98 Å². The molecule has 1 N–H and O–H groups in total. The molecular formula is C9H8N3O2+. The maximum atomic E-state index is 10.4. The first kappa shape index (κ1) is 8.43. The molecule has 0 saturated carbocycles. The number of benzene rings is 1. The highest BCUT2D eigenvalue weighted by Crippen LogP contribution is 2.11. The van der Waals surface area contributed by atoms with Crippen LogP contribution in [0.4, 0.5) is 5.69 Å². The Morgan fingerprint density at radius 1 is 1.29 bits per heavy atom. The number of nitrogens with one attached hydrogen (secondary N) is 1. The van der Waals surface area contributed by atoms with Crippen LogP contribution in [0.2, 0.25) is 0 Å². The summed E-state index contributed by atoms with van der Waals surface area (Å²) in [4.78, 5) is 12.9. The molecule has 1 heterocycles. The van der Waals surface area contributed by atoms with Gasteiger partial charge in [0.2, 0.25) is 6.33 Å². The summed E-state index contributed by atoms with van der Waals surface area (Å²) in [7, 11) is 0. The van der Waals surface area contributed by atoms with E-state index in [1.54, 1.807) is 24.7 Å². The van der Waals surface area contributed by atoms with E-state index >= 15 is 0 Å². The predicted molar refractivity (Wildman–Crippen MR) is 49.0 cm³/mol.